The molecule has 1 aliphatic rings. The summed E-state index contributed by atoms with van der Waals surface area (Å²) >= 11 is 0. The summed E-state index contributed by atoms with van der Waals surface area (Å²) in [4.78, 5) is 37.7. The summed E-state index contributed by atoms with van der Waals surface area (Å²) in [7, 11) is -4.63. The van der Waals surface area contributed by atoms with E-state index < -0.39 is 73.7 Å². The molecule has 2 heterocycles. The molecule has 1 aliphatic heterocycles. The number of H-pyrrole nitrogens is 1. The van der Waals surface area contributed by atoms with Gasteiger partial charge in [-0.1, -0.05) is 24.1 Å². The average Bonchev–Trinajstić information content (AvgIpc) is 3.10. The smallest absolute Gasteiger partial charge is 0.461 e. The minimum atomic E-state index is -4.63. The fourth-order valence-corrected chi connectivity index (χ4v) is 4.91. The van der Waals surface area contributed by atoms with Crippen LogP contribution in [0.15, 0.2) is 46.1 Å². The lowest BCUT2D eigenvalue weighted by Crippen LogP contribution is -2.48. The van der Waals surface area contributed by atoms with Gasteiger partial charge < -0.3 is 24.2 Å². The second-order valence-corrected chi connectivity index (χ2v) is 10.2. The number of halogens is 1. The first kappa shape index (κ1) is 30.2. The van der Waals surface area contributed by atoms with Crippen LogP contribution in [0.4, 0.5) is 4.39 Å². The minimum Gasteiger partial charge on any atom is -0.461 e. The van der Waals surface area contributed by atoms with Crippen LogP contribution >= 0.6 is 7.82 Å². The van der Waals surface area contributed by atoms with E-state index in [1.807, 2.05) is 0 Å². The number of nitrogens with one attached hydrogen (secondary N) is 1. The van der Waals surface area contributed by atoms with E-state index in [1.54, 1.807) is 37.0 Å². The number of phosphoric ester groups is 1. The fraction of sp³-hybridized carbons (Fsp3) is 0.458. The maximum absolute atomic E-state index is 14.0. The number of aliphatic hydroxyl groups is 2. The van der Waals surface area contributed by atoms with E-state index in [2.05, 4.69) is 11.8 Å². The minimum absolute atomic E-state index is 0.0552. The van der Waals surface area contributed by atoms with Gasteiger partial charge in [0.05, 0.1) is 18.9 Å². The fourth-order valence-electron chi connectivity index (χ4n) is 3.57. The zero-order valence-corrected chi connectivity index (χ0v) is 22.3. The van der Waals surface area contributed by atoms with Crippen LogP contribution < -0.4 is 15.8 Å². The number of ether oxygens (including phenoxy) is 2. The molecule has 3 N–H and O–H groups in total. The number of aromatic amines is 1. The first-order chi connectivity index (χ1) is 18.3. The van der Waals surface area contributed by atoms with Crippen LogP contribution in [0.5, 0.6) is 5.75 Å². The SMILES string of the molecule is CC#CC1(O)[C@@H](O)[C@@H](CO[P@](=O)(Oc2ccccc2)O[C@@H](C)C(=O)OC(C)C)O[C@H]1n1cc(F)c(=O)[nH]c1=O. The van der Waals surface area contributed by atoms with E-state index in [1.165, 1.54) is 26.0 Å². The maximum atomic E-state index is 14.0. The highest BCUT2D eigenvalue weighted by Crippen LogP contribution is 2.51. The largest absolute Gasteiger partial charge is 0.530 e. The Morgan fingerprint density at radius 3 is 2.56 bits per heavy atom. The Kier molecular flexibility index (Phi) is 9.50. The van der Waals surface area contributed by atoms with Crippen molar-refractivity contribution in [1.82, 2.24) is 9.55 Å². The Bertz CT molecular complexity index is 1400. The molecule has 1 aromatic carbocycles. The Balaban J connectivity index is 1.89. The number of hydrogen-bond donors (Lipinski definition) is 3. The molecule has 1 saturated heterocycles. The number of aromatic nitrogens is 2. The first-order valence-corrected chi connectivity index (χ1v) is 13.1. The van der Waals surface area contributed by atoms with E-state index in [4.69, 9.17) is 23.0 Å². The van der Waals surface area contributed by atoms with Gasteiger partial charge in [0.1, 0.15) is 18.0 Å². The number of carbonyl (C=O) groups excluding carboxylic acids is 1. The van der Waals surface area contributed by atoms with Crippen molar-refractivity contribution in [1.29, 1.82) is 0 Å². The van der Waals surface area contributed by atoms with Crippen LogP contribution in [0, 0.1) is 17.7 Å². The lowest BCUT2D eigenvalue weighted by Gasteiger charge is -2.26. The molecule has 1 unspecified atom stereocenters. The summed E-state index contributed by atoms with van der Waals surface area (Å²) in [6, 6.07) is 7.72. The number of benzene rings is 1. The Labute approximate surface area is 222 Å². The zero-order valence-electron chi connectivity index (χ0n) is 21.4. The molecule has 1 fully saturated rings. The van der Waals surface area contributed by atoms with Gasteiger partial charge in [-0.05, 0) is 39.8 Å². The van der Waals surface area contributed by atoms with Crippen molar-refractivity contribution in [3.63, 3.8) is 0 Å². The zero-order chi connectivity index (χ0) is 29.0. The Morgan fingerprint density at radius 1 is 1.28 bits per heavy atom. The molecule has 0 saturated carbocycles. The van der Waals surface area contributed by atoms with Crippen LogP contribution in [0.1, 0.15) is 33.9 Å². The molecule has 13 nitrogen and oxygen atoms in total. The van der Waals surface area contributed by atoms with Crippen molar-refractivity contribution in [2.24, 2.45) is 0 Å². The van der Waals surface area contributed by atoms with Gasteiger partial charge in [0.15, 0.2) is 17.9 Å². The molecule has 0 aliphatic carbocycles. The van der Waals surface area contributed by atoms with Gasteiger partial charge in [-0.25, -0.2) is 14.2 Å². The molecule has 1 aromatic heterocycles. The van der Waals surface area contributed by atoms with Gasteiger partial charge in [-0.3, -0.25) is 23.4 Å². The monoisotopic (exact) mass is 570 g/mol. The van der Waals surface area contributed by atoms with Gasteiger partial charge >= 0.3 is 19.5 Å². The van der Waals surface area contributed by atoms with Gasteiger partial charge in [-0.15, -0.1) is 5.92 Å². The third-order valence-electron chi connectivity index (χ3n) is 5.31. The third-order valence-corrected chi connectivity index (χ3v) is 6.79. The van der Waals surface area contributed by atoms with Crippen molar-refractivity contribution in [2.45, 2.75) is 63.9 Å². The molecule has 3 rings (SSSR count). The summed E-state index contributed by atoms with van der Waals surface area (Å²) in [5.74, 6) is 2.55. The standard InChI is InChI=1S/C24H28FN2O11P/c1-5-11-24(32)19(28)18(36-22(24)27-12-17(25)20(29)26-23(27)31)13-34-39(33,38-16-9-7-6-8-10-16)37-15(4)21(30)35-14(2)3/h6-10,12,14-15,18-19,22,28,32H,13H2,1-4H3,(H,26,29,31)/t15-,18+,19-,22+,24?,39-/m0/s1. The van der Waals surface area contributed by atoms with Crippen LogP contribution in [-0.2, 0) is 27.9 Å². The number of aliphatic hydroxyl groups excluding tert-OH is 1. The molecule has 39 heavy (non-hydrogen) atoms. The Hall–Kier alpha value is -3.31. The number of para-hydroxylation sites is 1. The van der Waals surface area contributed by atoms with Crippen LogP contribution in [0.25, 0.3) is 0 Å². The maximum Gasteiger partial charge on any atom is 0.530 e. The summed E-state index contributed by atoms with van der Waals surface area (Å²) < 4.78 is 54.8. The molecule has 2 aromatic rings. The van der Waals surface area contributed by atoms with E-state index >= 15 is 0 Å². The lowest BCUT2D eigenvalue weighted by molar-refractivity contribution is -0.156. The normalized spacial score (nSPS) is 24.9. The second kappa shape index (κ2) is 12.3. The van der Waals surface area contributed by atoms with Crippen molar-refractivity contribution in [2.75, 3.05) is 6.61 Å². The summed E-state index contributed by atoms with van der Waals surface area (Å²) in [5.41, 5.74) is -4.95. The van der Waals surface area contributed by atoms with E-state index in [9.17, 15) is 33.6 Å². The van der Waals surface area contributed by atoms with Gasteiger partial charge in [0.2, 0.25) is 5.82 Å². The van der Waals surface area contributed by atoms with Crippen LogP contribution in [0.3, 0.4) is 0 Å². The number of phosphoric acid groups is 1. The number of hydrogen-bond acceptors (Lipinski definition) is 11. The Morgan fingerprint density at radius 2 is 1.95 bits per heavy atom. The molecule has 15 heteroatoms. The van der Waals surface area contributed by atoms with Gasteiger partial charge in [0, 0.05) is 0 Å². The predicted octanol–water partition coefficient (Wildman–Crippen LogP) is 1.25. The van der Waals surface area contributed by atoms with E-state index in [0.29, 0.717) is 10.8 Å². The van der Waals surface area contributed by atoms with Crippen molar-refractivity contribution >= 4 is 13.8 Å². The number of rotatable bonds is 10. The molecule has 0 radical (unpaired) electrons. The summed E-state index contributed by atoms with van der Waals surface area (Å²) in [6.07, 6.45) is -6.66. The highest BCUT2D eigenvalue weighted by molar-refractivity contribution is 7.49. The van der Waals surface area contributed by atoms with Crippen molar-refractivity contribution < 1.29 is 47.0 Å². The molecule has 0 amide bonds. The van der Waals surface area contributed by atoms with E-state index in [-0.39, 0.29) is 5.75 Å². The summed E-state index contributed by atoms with van der Waals surface area (Å²) in [5, 5.41) is 22.0. The lowest BCUT2D eigenvalue weighted by atomic mass is 9.94. The van der Waals surface area contributed by atoms with Gasteiger partial charge in [-0.2, -0.15) is 4.39 Å². The number of nitrogens with zero attached hydrogens (tertiary/aromatic N) is 1. The molecule has 0 bridgehead atoms. The summed E-state index contributed by atoms with van der Waals surface area (Å²) in [6.45, 7) is 5.03. The second-order valence-electron chi connectivity index (χ2n) is 8.70. The van der Waals surface area contributed by atoms with Crippen molar-refractivity contribution in [3.8, 4) is 17.6 Å². The van der Waals surface area contributed by atoms with Crippen molar-refractivity contribution in [3.05, 3.63) is 63.2 Å². The van der Waals surface area contributed by atoms with Crippen LogP contribution in [-0.4, -0.2) is 62.4 Å². The van der Waals surface area contributed by atoms with Gasteiger partial charge in [0.25, 0.3) is 5.56 Å². The average molecular weight is 570 g/mol. The van der Waals surface area contributed by atoms with E-state index in [0.717, 1.165) is 0 Å². The molecular formula is C24H28FN2O11P. The number of carbonyl (C=O) groups is 1. The highest BCUT2D eigenvalue weighted by Gasteiger charge is 2.57. The predicted molar refractivity (Wildman–Crippen MR) is 132 cm³/mol. The molecule has 212 valence electrons. The quantitative estimate of drug-likeness (QED) is 0.213. The molecular weight excluding hydrogens is 542 g/mol. The van der Waals surface area contributed by atoms with Crippen LogP contribution in [0.2, 0.25) is 0 Å². The third kappa shape index (κ3) is 7.02. The first-order valence-electron chi connectivity index (χ1n) is 11.7. The number of esters is 1. The topological polar surface area (TPSA) is 176 Å². The molecule has 6 atom stereocenters. The highest BCUT2D eigenvalue weighted by atomic mass is 31.2. The molecule has 0 spiro atoms.